The van der Waals surface area contributed by atoms with Gasteiger partial charge in [-0.2, -0.15) is 0 Å². The Balaban J connectivity index is 1.46. The molecule has 0 radical (unpaired) electrons. The molecule has 1 heterocycles. The molecule has 0 fully saturated rings. The molecule has 0 saturated carbocycles. The van der Waals surface area contributed by atoms with Crippen molar-refractivity contribution in [2.45, 2.75) is 26.2 Å². The molecule has 6 nitrogen and oxygen atoms in total. The molecule has 174 valence electrons. The highest BCUT2D eigenvalue weighted by Gasteiger charge is 2.14. The number of para-hydroxylation sites is 1. The van der Waals surface area contributed by atoms with Gasteiger partial charge in [0, 0.05) is 22.7 Å². The highest BCUT2D eigenvalue weighted by Crippen LogP contribution is 2.32. The molecule has 0 saturated heterocycles. The molecule has 34 heavy (non-hydrogen) atoms. The highest BCUT2D eigenvalue weighted by molar-refractivity contribution is 5.93. The number of ether oxygens (including phenoxy) is 2. The molecule has 4 rings (SSSR count). The molecule has 1 aromatic heterocycles. The van der Waals surface area contributed by atoms with E-state index >= 15 is 0 Å². The Morgan fingerprint density at radius 1 is 1.00 bits per heavy atom. The van der Waals surface area contributed by atoms with E-state index in [1.54, 1.807) is 30.3 Å². The van der Waals surface area contributed by atoms with Crippen LogP contribution in [0.3, 0.4) is 0 Å². The van der Waals surface area contributed by atoms with E-state index in [4.69, 9.17) is 13.9 Å². The lowest BCUT2D eigenvalue weighted by molar-refractivity contribution is -0.118. The predicted octanol–water partition coefficient (Wildman–Crippen LogP) is 6.00. The van der Waals surface area contributed by atoms with E-state index < -0.39 is 5.63 Å². The summed E-state index contributed by atoms with van der Waals surface area (Å²) in [6.07, 6.45) is 1.07. The summed E-state index contributed by atoms with van der Waals surface area (Å²) < 4.78 is 16.6. The minimum absolute atomic E-state index is 0.124. The van der Waals surface area contributed by atoms with Gasteiger partial charge in [-0.3, -0.25) is 4.79 Å². The van der Waals surface area contributed by atoms with Gasteiger partial charge >= 0.3 is 5.63 Å². The first-order valence-electron chi connectivity index (χ1n) is 11.2. The Hall–Kier alpha value is -4.06. The second kappa shape index (κ2) is 10.3. The Morgan fingerprint density at radius 3 is 2.50 bits per heavy atom. The minimum Gasteiger partial charge on any atom is -0.496 e. The van der Waals surface area contributed by atoms with Crippen LogP contribution in [0.25, 0.3) is 22.1 Å². The smallest absolute Gasteiger partial charge is 0.344 e. The van der Waals surface area contributed by atoms with Crippen molar-refractivity contribution in [3.8, 4) is 22.6 Å². The number of fused-ring (bicyclic) bond motifs is 1. The number of rotatable bonds is 8. The molecule has 0 aliphatic heterocycles. The molecule has 1 amide bonds. The molecule has 0 aliphatic rings. The third kappa shape index (κ3) is 5.12. The third-order valence-corrected chi connectivity index (χ3v) is 5.85. The first-order valence-corrected chi connectivity index (χ1v) is 11.2. The van der Waals surface area contributed by atoms with Crippen molar-refractivity contribution in [3.63, 3.8) is 0 Å². The van der Waals surface area contributed by atoms with E-state index in [2.05, 4.69) is 19.2 Å². The van der Waals surface area contributed by atoms with E-state index in [1.807, 2.05) is 42.5 Å². The molecule has 0 unspecified atom stereocenters. The Labute approximate surface area is 198 Å². The van der Waals surface area contributed by atoms with E-state index in [-0.39, 0.29) is 12.5 Å². The summed E-state index contributed by atoms with van der Waals surface area (Å²) in [7, 11) is 1.51. The first kappa shape index (κ1) is 23.1. The van der Waals surface area contributed by atoms with Gasteiger partial charge in [-0.05, 0) is 54.3 Å². The topological polar surface area (TPSA) is 77.8 Å². The van der Waals surface area contributed by atoms with Crippen LogP contribution in [0.4, 0.5) is 5.69 Å². The third-order valence-electron chi connectivity index (χ3n) is 5.85. The van der Waals surface area contributed by atoms with Gasteiger partial charge in [-0.15, -0.1) is 0 Å². The fourth-order valence-electron chi connectivity index (χ4n) is 3.72. The van der Waals surface area contributed by atoms with Crippen LogP contribution in [0.5, 0.6) is 11.5 Å². The van der Waals surface area contributed by atoms with Gasteiger partial charge in [0.2, 0.25) is 0 Å². The van der Waals surface area contributed by atoms with E-state index in [9.17, 15) is 9.59 Å². The van der Waals surface area contributed by atoms with Crippen molar-refractivity contribution in [3.05, 3.63) is 88.8 Å². The standard InChI is InChI=1S/C28H27NO5/c1-4-18(2)19-9-12-22(13-10-19)33-17-27(30)29-21-11-14-23(26(16-21)32-3)24-15-20-7-5-6-8-25(20)34-28(24)31/h5-16,18H,4,17H2,1-3H3,(H,29,30)/t18-/m1/s1. The zero-order valence-corrected chi connectivity index (χ0v) is 19.5. The van der Waals surface area contributed by atoms with Crippen LogP contribution in [0.1, 0.15) is 31.7 Å². The molecular formula is C28H27NO5. The normalized spacial score (nSPS) is 11.7. The number of amides is 1. The van der Waals surface area contributed by atoms with Crippen molar-refractivity contribution in [2.24, 2.45) is 0 Å². The summed E-state index contributed by atoms with van der Waals surface area (Å²) >= 11 is 0. The van der Waals surface area contributed by atoms with Gasteiger partial charge in [0.1, 0.15) is 17.1 Å². The number of nitrogens with one attached hydrogen (secondary N) is 1. The van der Waals surface area contributed by atoms with Gasteiger partial charge in [0.05, 0.1) is 12.7 Å². The maximum absolute atomic E-state index is 12.6. The quantitative estimate of drug-likeness (QED) is 0.328. The molecule has 0 bridgehead atoms. The number of hydrogen-bond donors (Lipinski definition) is 1. The number of anilines is 1. The second-order valence-corrected chi connectivity index (χ2v) is 8.12. The van der Waals surface area contributed by atoms with Crippen molar-refractivity contribution in [2.75, 3.05) is 19.0 Å². The molecule has 1 atom stereocenters. The highest BCUT2D eigenvalue weighted by atomic mass is 16.5. The summed E-state index contributed by atoms with van der Waals surface area (Å²) in [5.74, 6) is 1.27. The van der Waals surface area contributed by atoms with Gasteiger partial charge in [-0.25, -0.2) is 4.79 Å². The first-order chi connectivity index (χ1) is 16.5. The van der Waals surface area contributed by atoms with Gasteiger partial charge in [0.25, 0.3) is 5.91 Å². The van der Waals surface area contributed by atoms with Crippen molar-refractivity contribution >= 4 is 22.6 Å². The lowest BCUT2D eigenvalue weighted by Gasteiger charge is -2.13. The average molecular weight is 458 g/mol. The van der Waals surface area contributed by atoms with E-state index in [1.165, 1.54) is 12.7 Å². The molecule has 1 N–H and O–H groups in total. The molecular weight excluding hydrogens is 430 g/mol. The molecule has 6 heteroatoms. The van der Waals surface area contributed by atoms with Crippen LogP contribution >= 0.6 is 0 Å². The summed E-state index contributed by atoms with van der Waals surface area (Å²) in [6.45, 7) is 4.20. The van der Waals surface area contributed by atoms with Crippen molar-refractivity contribution in [1.82, 2.24) is 0 Å². The van der Waals surface area contributed by atoms with Crippen LogP contribution in [0.15, 0.2) is 82.0 Å². The van der Waals surface area contributed by atoms with Crippen LogP contribution in [-0.4, -0.2) is 19.6 Å². The van der Waals surface area contributed by atoms with E-state index in [0.29, 0.717) is 39.8 Å². The number of carbonyl (C=O) groups is 1. The van der Waals surface area contributed by atoms with Gasteiger partial charge in [-0.1, -0.05) is 44.2 Å². The van der Waals surface area contributed by atoms with Crippen LogP contribution in [0, 0.1) is 0 Å². The largest absolute Gasteiger partial charge is 0.496 e. The minimum atomic E-state index is -0.457. The molecule has 3 aromatic carbocycles. The van der Waals surface area contributed by atoms with Crippen molar-refractivity contribution in [1.29, 1.82) is 0 Å². The average Bonchev–Trinajstić information content (AvgIpc) is 2.87. The SMILES string of the molecule is CC[C@@H](C)c1ccc(OCC(=O)Nc2ccc(-c3cc4ccccc4oc3=O)c(OC)c2)cc1. The zero-order chi connectivity index (χ0) is 24.1. The van der Waals surface area contributed by atoms with Crippen LogP contribution in [-0.2, 0) is 4.79 Å². The Kier molecular flexibility index (Phi) is 6.97. The Morgan fingerprint density at radius 2 is 1.76 bits per heavy atom. The van der Waals surface area contributed by atoms with Crippen LogP contribution in [0.2, 0.25) is 0 Å². The number of methoxy groups -OCH3 is 1. The van der Waals surface area contributed by atoms with Crippen LogP contribution < -0.4 is 20.4 Å². The lowest BCUT2D eigenvalue weighted by atomic mass is 9.99. The number of benzene rings is 3. The zero-order valence-electron chi connectivity index (χ0n) is 19.5. The maximum atomic E-state index is 12.6. The predicted molar refractivity (Wildman–Crippen MR) is 134 cm³/mol. The molecule has 0 spiro atoms. The summed E-state index contributed by atoms with van der Waals surface area (Å²) in [5, 5.41) is 3.61. The van der Waals surface area contributed by atoms with E-state index in [0.717, 1.165) is 11.8 Å². The number of carbonyl (C=O) groups excluding carboxylic acids is 1. The maximum Gasteiger partial charge on any atom is 0.344 e. The summed E-state index contributed by atoms with van der Waals surface area (Å²) in [6, 6.07) is 22.0. The summed E-state index contributed by atoms with van der Waals surface area (Å²) in [5.41, 5.74) is 2.81. The summed E-state index contributed by atoms with van der Waals surface area (Å²) in [4.78, 5) is 25.0. The Bertz CT molecular complexity index is 1360. The van der Waals surface area contributed by atoms with Gasteiger partial charge < -0.3 is 19.2 Å². The second-order valence-electron chi connectivity index (χ2n) is 8.12. The molecule has 0 aliphatic carbocycles. The number of hydrogen-bond acceptors (Lipinski definition) is 5. The lowest BCUT2D eigenvalue weighted by Crippen LogP contribution is -2.20. The van der Waals surface area contributed by atoms with Crippen molar-refractivity contribution < 1.29 is 18.7 Å². The fourth-order valence-corrected chi connectivity index (χ4v) is 3.72. The monoisotopic (exact) mass is 457 g/mol. The van der Waals surface area contributed by atoms with Gasteiger partial charge in [0.15, 0.2) is 6.61 Å². The molecule has 4 aromatic rings. The fraction of sp³-hybridized carbons (Fsp3) is 0.214.